The number of nitrogen functional groups attached to an aromatic ring is 1. The fraction of sp³-hybridized carbons (Fsp3) is 0.0714. The normalized spacial score (nSPS) is 10.1. The number of anilines is 2. The number of carbonyl (C=O) groups excluding carboxylic acids is 1. The summed E-state index contributed by atoms with van der Waals surface area (Å²) in [6.45, 7) is -0.220. The van der Waals surface area contributed by atoms with Gasteiger partial charge in [-0.2, -0.15) is 0 Å². The van der Waals surface area contributed by atoms with Crippen LogP contribution in [0.5, 0.6) is 5.75 Å². The van der Waals surface area contributed by atoms with Crippen LogP contribution in [-0.4, -0.2) is 12.5 Å². The first kappa shape index (κ1) is 14.1. The van der Waals surface area contributed by atoms with Crippen molar-refractivity contribution in [1.82, 2.24) is 0 Å². The van der Waals surface area contributed by atoms with E-state index in [9.17, 15) is 9.18 Å². The van der Waals surface area contributed by atoms with E-state index in [2.05, 4.69) is 5.32 Å². The first-order valence-corrected chi connectivity index (χ1v) is 6.15. The maximum atomic E-state index is 12.7. The molecule has 0 aliphatic carbocycles. The highest BCUT2D eigenvalue weighted by Gasteiger charge is 2.06. The molecule has 0 saturated heterocycles. The van der Waals surface area contributed by atoms with Gasteiger partial charge in [0.05, 0.1) is 5.69 Å². The van der Waals surface area contributed by atoms with Gasteiger partial charge in [0.15, 0.2) is 6.61 Å². The Morgan fingerprint density at radius 2 is 1.95 bits per heavy atom. The van der Waals surface area contributed by atoms with E-state index >= 15 is 0 Å². The Labute approximate surface area is 120 Å². The smallest absolute Gasteiger partial charge is 0.262 e. The number of hydrogen-bond acceptors (Lipinski definition) is 3. The average Bonchev–Trinajstić information content (AvgIpc) is 2.42. The van der Waals surface area contributed by atoms with Crippen molar-refractivity contribution >= 4 is 28.9 Å². The van der Waals surface area contributed by atoms with E-state index in [1.54, 1.807) is 12.1 Å². The molecule has 3 N–H and O–H groups in total. The van der Waals surface area contributed by atoms with E-state index in [-0.39, 0.29) is 18.3 Å². The number of benzene rings is 2. The number of hydrogen-bond donors (Lipinski definition) is 2. The SMILES string of the molecule is Nc1ccc(Cl)cc1OCC(=O)Nc1ccc(F)cc1. The number of carbonyl (C=O) groups is 1. The van der Waals surface area contributed by atoms with Crippen molar-refractivity contribution in [2.75, 3.05) is 17.7 Å². The van der Waals surface area contributed by atoms with Gasteiger partial charge in [-0.25, -0.2) is 4.39 Å². The summed E-state index contributed by atoms with van der Waals surface area (Å²) in [5.74, 6) is -0.409. The molecule has 0 spiro atoms. The van der Waals surface area contributed by atoms with Crippen molar-refractivity contribution in [3.63, 3.8) is 0 Å². The monoisotopic (exact) mass is 294 g/mol. The summed E-state index contributed by atoms with van der Waals surface area (Å²) in [4.78, 5) is 11.7. The van der Waals surface area contributed by atoms with Gasteiger partial charge in [-0.1, -0.05) is 11.6 Å². The zero-order chi connectivity index (χ0) is 14.5. The molecule has 0 unspecified atom stereocenters. The summed E-state index contributed by atoms with van der Waals surface area (Å²) in [5, 5.41) is 3.03. The minimum Gasteiger partial charge on any atom is -0.482 e. The predicted octanol–water partition coefficient (Wildman–Crippen LogP) is 3.08. The third kappa shape index (κ3) is 3.86. The molecule has 0 aliphatic rings. The van der Waals surface area contributed by atoms with Crippen molar-refractivity contribution in [3.8, 4) is 5.75 Å². The number of halogens is 2. The topological polar surface area (TPSA) is 64.3 Å². The van der Waals surface area contributed by atoms with Crippen LogP contribution in [0.2, 0.25) is 5.02 Å². The van der Waals surface area contributed by atoms with Crippen molar-refractivity contribution in [3.05, 3.63) is 53.3 Å². The molecule has 20 heavy (non-hydrogen) atoms. The second-order valence-electron chi connectivity index (χ2n) is 4.03. The third-order valence-electron chi connectivity index (χ3n) is 2.46. The first-order valence-electron chi connectivity index (χ1n) is 5.78. The molecule has 0 atom stereocenters. The van der Waals surface area contributed by atoms with Crippen molar-refractivity contribution in [2.45, 2.75) is 0 Å². The lowest BCUT2D eigenvalue weighted by Crippen LogP contribution is -2.20. The number of ether oxygens (including phenoxy) is 1. The number of rotatable bonds is 4. The van der Waals surface area contributed by atoms with Crippen molar-refractivity contribution < 1.29 is 13.9 Å². The zero-order valence-electron chi connectivity index (χ0n) is 10.4. The molecular weight excluding hydrogens is 283 g/mol. The molecule has 1 amide bonds. The molecule has 0 heterocycles. The number of amides is 1. The molecule has 2 rings (SSSR count). The average molecular weight is 295 g/mol. The molecule has 0 fully saturated rings. The fourth-order valence-corrected chi connectivity index (χ4v) is 1.67. The molecule has 0 aliphatic heterocycles. The standard InChI is InChI=1S/C14H12ClFN2O2/c15-9-1-6-12(17)13(7-9)20-8-14(19)18-11-4-2-10(16)3-5-11/h1-7H,8,17H2,(H,18,19). The van der Waals surface area contributed by atoms with Crippen LogP contribution < -0.4 is 15.8 Å². The first-order chi connectivity index (χ1) is 9.54. The molecule has 4 nitrogen and oxygen atoms in total. The van der Waals surface area contributed by atoms with E-state index in [1.807, 2.05) is 0 Å². The lowest BCUT2D eigenvalue weighted by molar-refractivity contribution is -0.118. The fourth-order valence-electron chi connectivity index (χ4n) is 1.51. The molecule has 2 aromatic rings. The highest BCUT2D eigenvalue weighted by atomic mass is 35.5. The van der Waals surface area contributed by atoms with Crippen LogP contribution in [0.15, 0.2) is 42.5 Å². The predicted molar refractivity (Wildman–Crippen MR) is 76.4 cm³/mol. The lowest BCUT2D eigenvalue weighted by atomic mass is 10.3. The van der Waals surface area contributed by atoms with Gasteiger partial charge in [0.2, 0.25) is 0 Å². The summed E-state index contributed by atoms with van der Waals surface area (Å²) >= 11 is 5.81. The minimum absolute atomic E-state index is 0.220. The summed E-state index contributed by atoms with van der Waals surface area (Å²) in [5.41, 5.74) is 6.57. The molecule has 0 saturated carbocycles. The molecule has 0 aromatic heterocycles. The Morgan fingerprint density at radius 1 is 1.25 bits per heavy atom. The van der Waals surface area contributed by atoms with Crippen LogP contribution in [0.25, 0.3) is 0 Å². The highest BCUT2D eigenvalue weighted by molar-refractivity contribution is 6.30. The van der Waals surface area contributed by atoms with Crippen molar-refractivity contribution in [2.24, 2.45) is 0 Å². The lowest BCUT2D eigenvalue weighted by Gasteiger charge is -2.09. The molecule has 6 heteroatoms. The van der Waals surface area contributed by atoms with Gasteiger partial charge in [-0.3, -0.25) is 4.79 Å². The van der Waals surface area contributed by atoms with Crippen molar-refractivity contribution in [1.29, 1.82) is 0 Å². The van der Waals surface area contributed by atoms with E-state index in [4.69, 9.17) is 22.1 Å². The third-order valence-corrected chi connectivity index (χ3v) is 2.70. The summed E-state index contributed by atoms with van der Waals surface area (Å²) in [6.07, 6.45) is 0. The summed E-state index contributed by atoms with van der Waals surface area (Å²) in [7, 11) is 0. The maximum Gasteiger partial charge on any atom is 0.262 e. The van der Waals surface area contributed by atoms with Gasteiger partial charge in [-0.15, -0.1) is 0 Å². The second kappa shape index (κ2) is 6.25. The van der Waals surface area contributed by atoms with Gasteiger partial charge in [0, 0.05) is 16.8 Å². The Morgan fingerprint density at radius 3 is 2.65 bits per heavy atom. The van der Waals surface area contributed by atoms with Crippen LogP contribution in [0, 0.1) is 5.82 Å². The van der Waals surface area contributed by atoms with Gasteiger partial charge in [0.1, 0.15) is 11.6 Å². The van der Waals surface area contributed by atoms with Crippen LogP contribution in [0.1, 0.15) is 0 Å². The Kier molecular flexibility index (Phi) is 4.42. The largest absolute Gasteiger partial charge is 0.482 e. The highest BCUT2D eigenvalue weighted by Crippen LogP contribution is 2.25. The van der Waals surface area contributed by atoms with Gasteiger partial charge >= 0.3 is 0 Å². The molecule has 104 valence electrons. The van der Waals surface area contributed by atoms with E-state index in [1.165, 1.54) is 30.3 Å². The zero-order valence-corrected chi connectivity index (χ0v) is 11.2. The number of nitrogens with two attached hydrogens (primary N) is 1. The Balaban J connectivity index is 1.92. The maximum absolute atomic E-state index is 12.7. The Bertz CT molecular complexity index is 617. The molecule has 0 radical (unpaired) electrons. The van der Waals surface area contributed by atoms with E-state index in [0.29, 0.717) is 22.1 Å². The van der Waals surface area contributed by atoms with Crippen LogP contribution in [-0.2, 0) is 4.79 Å². The van der Waals surface area contributed by atoms with Crippen LogP contribution >= 0.6 is 11.6 Å². The van der Waals surface area contributed by atoms with Gasteiger partial charge < -0.3 is 15.8 Å². The molecular formula is C14H12ClFN2O2. The second-order valence-corrected chi connectivity index (χ2v) is 4.46. The quantitative estimate of drug-likeness (QED) is 0.852. The minimum atomic E-state index is -0.379. The Hall–Kier alpha value is -2.27. The van der Waals surface area contributed by atoms with Gasteiger partial charge in [-0.05, 0) is 36.4 Å². The number of nitrogens with one attached hydrogen (secondary N) is 1. The molecule has 0 bridgehead atoms. The van der Waals surface area contributed by atoms with Crippen LogP contribution in [0.4, 0.5) is 15.8 Å². The summed E-state index contributed by atoms with van der Waals surface area (Å²) < 4.78 is 18.0. The van der Waals surface area contributed by atoms with E-state index in [0.717, 1.165) is 0 Å². The van der Waals surface area contributed by atoms with E-state index < -0.39 is 0 Å². The van der Waals surface area contributed by atoms with Crippen LogP contribution in [0.3, 0.4) is 0 Å². The van der Waals surface area contributed by atoms with Gasteiger partial charge in [0.25, 0.3) is 5.91 Å². The molecule has 2 aromatic carbocycles. The summed E-state index contributed by atoms with van der Waals surface area (Å²) in [6, 6.07) is 10.2.